The summed E-state index contributed by atoms with van der Waals surface area (Å²) in [5, 5.41) is 1.35. The lowest BCUT2D eigenvalue weighted by Gasteiger charge is -2.08. The van der Waals surface area contributed by atoms with E-state index in [0.717, 1.165) is 0 Å². The topological polar surface area (TPSA) is 32.9 Å². The molecule has 1 aromatic carbocycles. The highest BCUT2D eigenvalue weighted by Gasteiger charge is 2.11. The van der Waals surface area contributed by atoms with Crippen molar-refractivity contribution in [1.29, 1.82) is 0 Å². The molecule has 0 bridgehead atoms. The summed E-state index contributed by atoms with van der Waals surface area (Å²) in [6, 6.07) is 6.07. The van der Waals surface area contributed by atoms with Crippen LogP contribution in [0.4, 0.5) is 0 Å². The van der Waals surface area contributed by atoms with Crippen molar-refractivity contribution in [1.82, 2.24) is 4.98 Å². The largest absolute Gasteiger partial charge is 0.312 e. The van der Waals surface area contributed by atoms with Gasteiger partial charge in [0, 0.05) is 17.2 Å². The third kappa shape index (κ3) is 2.61. The van der Waals surface area contributed by atoms with Crippen molar-refractivity contribution in [3.63, 3.8) is 0 Å². The zero-order chi connectivity index (χ0) is 12.6. The van der Waals surface area contributed by atoms with Gasteiger partial charge in [0.15, 0.2) is 0 Å². The molecule has 2 nitrogen and oxygen atoms in total. The molecule has 0 radical (unpaired) electrons. The maximum Gasteiger partial charge on any atom is 0.249 e. The van der Waals surface area contributed by atoms with Crippen molar-refractivity contribution < 1.29 is 0 Å². The first kappa shape index (κ1) is 12.8. The van der Waals surface area contributed by atoms with E-state index in [-0.39, 0.29) is 10.7 Å². The molecule has 0 fully saturated rings. The summed E-state index contributed by atoms with van der Waals surface area (Å²) in [6.45, 7) is 0. The Morgan fingerprint density at radius 3 is 2.12 bits per heavy atom. The van der Waals surface area contributed by atoms with Gasteiger partial charge in [-0.25, -0.2) is 0 Å². The van der Waals surface area contributed by atoms with Crippen molar-refractivity contribution in [2.24, 2.45) is 0 Å². The number of pyridine rings is 1. The normalized spacial score (nSPS) is 10.6. The van der Waals surface area contributed by atoms with E-state index < -0.39 is 0 Å². The van der Waals surface area contributed by atoms with Crippen LogP contribution in [0.5, 0.6) is 0 Å². The molecule has 0 saturated carbocycles. The Morgan fingerprint density at radius 2 is 1.47 bits per heavy atom. The van der Waals surface area contributed by atoms with E-state index in [0.29, 0.717) is 26.2 Å². The third-order valence-electron chi connectivity index (χ3n) is 2.17. The fourth-order valence-corrected chi connectivity index (χ4v) is 2.29. The van der Waals surface area contributed by atoms with Gasteiger partial charge in [-0.2, -0.15) is 0 Å². The molecule has 2 aromatic rings. The second-order valence-electron chi connectivity index (χ2n) is 3.30. The minimum absolute atomic E-state index is 0.206. The molecule has 0 aliphatic rings. The van der Waals surface area contributed by atoms with E-state index >= 15 is 0 Å². The van der Waals surface area contributed by atoms with E-state index in [4.69, 9.17) is 46.4 Å². The molecule has 2 rings (SSSR count). The van der Waals surface area contributed by atoms with E-state index in [9.17, 15) is 4.79 Å². The zero-order valence-corrected chi connectivity index (χ0v) is 11.3. The molecule has 1 heterocycles. The van der Waals surface area contributed by atoms with Gasteiger partial charge < -0.3 is 4.98 Å². The number of benzene rings is 1. The first-order valence-electron chi connectivity index (χ1n) is 4.53. The SMILES string of the molecule is O=c1ccc(-c2cc(Cl)c(Cl)cc2Cl)c(Cl)[nH]1. The van der Waals surface area contributed by atoms with E-state index in [1.165, 1.54) is 12.1 Å². The molecule has 17 heavy (non-hydrogen) atoms. The number of hydrogen-bond acceptors (Lipinski definition) is 1. The number of aromatic amines is 1. The fraction of sp³-hybridized carbons (Fsp3) is 0. The Kier molecular flexibility index (Phi) is 3.69. The molecule has 0 atom stereocenters. The molecule has 0 unspecified atom stereocenters. The molecule has 6 heteroatoms. The predicted molar refractivity (Wildman–Crippen MR) is 72.5 cm³/mol. The highest BCUT2D eigenvalue weighted by molar-refractivity contribution is 6.44. The van der Waals surface area contributed by atoms with Gasteiger partial charge in [-0.05, 0) is 18.2 Å². The van der Waals surface area contributed by atoms with Crippen molar-refractivity contribution in [2.45, 2.75) is 0 Å². The summed E-state index contributed by atoms with van der Waals surface area (Å²) in [5.74, 6) is 0. The van der Waals surface area contributed by atoms with Crippen LogP contribution in [-0.4, -0.2) is 4.98 Å². The molecule has 0 aliphatic carbocycles. The summed E-state index contributed by atoms with van der Waals surface area (Å²) in [6.07, 6.45) is 0. The highest BCUT2D eigenvalue weighted by Crippen LogP contribution is 2.36. The van der Waals surface area contributed by atoms with Gasteiger partial charge in [0.2, 0.25) is 5.56 Å². The number of aromatic nitrogens is 1. The minimum atomic E-state index is -0.282. The molecular formula is C11H5Cl4NO. The lowest BCUT2D eigenvalue weighted by molar-refractivity contribution is 1.24. The first-order chi connectivity index (χ1) is 7.99. The van der Waals surface area contributed by atoms with Gasteiger partial charge in [-0.3, -0.25) is 4.79 Å². The zero-order valence-electron chi connectivity index (χ0n) is 8.23. The maximum absolute atomic E-state index is 11.1. The fourth-order valence-electron chi connectivity index (χ4n) is 1.39. The van der Waals surface area contributed by atoms with Crippen LogP contribution in [0.15, 0.2) is 29.1 Å². The standard InChI is InChI=1S/C11H5Cl4NO/c12-7-4-9(14)8(13)3-6(7)5-1-2-10(17)16-11(5)15/h1-4H,(H,16,17). The number of hydrogen-bond donors (Lipinski definition) is 1. The maximum atomic E-state index is 11.1. The van der Waals surface area contributed by atoms with E-state index in [1.54, 1.807) is 12.1 Å². The lowest BCUT2D eigenvalue weighted by atomic mass is 10.1. The number of halogens is 4. The smallest absolute Gasteiger partial charge is 0.249 e. The van der Waals surface area contributed by atoms with Crippen LogP contribution in [0.25, 0.3) is 11.1 Å². The van der Waals surface area contributed by atoms with Crippen molar-refractivity contribution in [3.05, 3.63) is 54.8 Å². The van der Waals surface area contributed by atoms with Crippen LogP contribution in [0.1, 0.15) is 0 Å². The van der Waals surface area contributed by atoms with Gasteiger partial charge >= 0.3 is 0 Å². The van der Waals surface area contributed by atoms with Gasteiger partial charge in [0.1, 0.15) is 5.15 Å². The Labute approximate surface area is 117 Å². The van der Waals surface area contributed by atoms with Crippen LogP contribution >= 0.6 is 46.4 Å². The number of H-pyrrole nitrogens is 1. The lowest BCUT2D eigenvalue weighted by Crippen LogP contribution is -2.03. The predicted octanol–water partition coefficient (Wildman–Crippen LogP) is 4.66. The van der Waals surface area contributed by atoms with E-state index in [1.807, 2.05) is 0 Å². The van der Waals surface area contributed by atoms with Crippen molar-refractivity contribution in [2.75, 3.05) is 0 Å². The second-order valence-corrected chi connectivity index (χ2v) is 4.90. The summed E-state index contributed by atoms with van der Waals surface area (Å²) in [7, 11) is 0. The van der Waals surface area contributed by atoms with Gasteiger partial charge in [-0.1, -0.05) is 46.4 Å². The number of rotatable bonds is 1. The molecule has 0 amide bonds. The highest BCUT2D eigenvalue weighted by atomic mass is 35.5. The Balaban J connectivity index is 2.68. The first-order valence-corrected chi connectivity index (χ1v) is 6.04. The average Bonchev–Trinajstić information content (AvgIpc) is 2.24. The Bertz CT molecular complexity index is 636. The van der Waals surface area contributed by atoms with Gasteiger partial charge in [0.25, 0.3) is 0 Å². The third-order valence-corrected chi connectivity index (χ3v) is 3.50. The summed E-state index contributed by atoms with van der Waals surface area (Å²) >= 11 is 23.7. The monoisotopic (exact) mass is 307 g/mol. The molecule has 1 N–H and O–H groups in total. The Hall–Kier alpha value is -0.670. The van der Waals surface area contributed by atoms with Crippen LogP contribution in [0.3, 0.4) is 0 Å². The summed E-state index contributed by atoms with van der Waals surface area (Å²) in [5.41, 5.74) is 0.923. The molecule has 1 aromatic heterocycles. The van der Waals surface area contributed by atoms with Crippen LogP contribution in [0, 0.1) is 0 Å². The van der Waals surface area contributed by atoms with Crippen LogP contribution in [-0.2, 0) is 0 Å². The van der Waals surface area contributed by atoms with Crippen LogP contribution < -0.4 is 5.56 Å². The average molecular weight is 309 g/mol. The summed E-state index contributed by atoms with van der Waals surface area (Å²) in [4.78, 5) is 13.5. The molecular weight excluding hydrogens is 304 g/mol. The number of nitrogens with one attached hydrogen (secondary N) is 1. The molecule has 0 saturated heterocycles. The summed E-state index contributed by atoms with van der Waals surface area (Å²) < 4.78 is 0. The van der Waals surface area contributed by atoms with E-state index in [2.05, 4.69) is 4.98 Å². The Morgan fingerprint density at radius 1 is 0.824 bits per heavy atom. The van der Waals surface area contributed by atoms with Gasteiger partial charge in [-0.15, -0.1) is 0 Å². The van der Waals surface area contributed by atoms with Gasteiger partial charge in [0.05, 0.1) is 15.1 Å². The molecule has 0 spiro atoms. The second kappa shape index (κ2) is 4.91. The minimum Gasteiger partial charge on any atom is -0.312 e. The quantitative estimate of drug-likeness (QED) is 0.603. The van der Waals surface area contributed by atoms with Crippen molar-refractivity contribution in [3.8, 4) is 11.1 Å². The van der Waals surface area contributed by atoms with Crippen molar-refractivity contribution >= 4 is 46.4 Å². The van der Waals surface area contributed by atoms with Crippen LogP contribution in [0.2, 0.25) is 20.2 Å². The molecule has 0 aliphatic heterocycles. The molecule has 88 valence electrons.